The van der Waals surface area contributed by atoms with E-state index in [9.17, 15) is 9.59 Å². The molecule has 0 saturated heterocycles. The summed E-state index contributed by atoms with van der Waals surface area (Å²) < 4.78 is 5.37. The molecule has 26 heavy (non-hydrogen) atoms. The fraction of sp³-hybridized carbons (Fsp3) is 0.364. The number of carbonyl (C=O) groups excluding carboxylic acids is 2. The third kappa shape index (κ3) is 5.73. The molecule has 0 aliphatic heterocycles. The monoisotopic (exact) mass is 353 g/mol. The van der Waals surface area contributed by atoms with E-state index >= 15 is 0 Å². The summed E-state index contributed by atoms with van der Waals surface area (Å²) >= 11 is 0. The lowest BCUT2D eigenvalue weighted by Crippen LogP contribution is -2.28. The first-order valence-electron chi connectivity index (χ1n) is 9.15. The van der Waals surface area contributed by atoms with Crippen molar-refractivity contribution >= 4 is 11.7 Å². The molecular weight excluding hydrogens is 326 g/mol. The number of carbonyl (C=O) groups is 2. The lowest BCUT2D eigenvalue weighted by Gasteiger charge is -2.17. The number of aryl methyl sites for hydroxylation is 1. The Labute approximate surface area is 155 Å². The standard InChI is InChI=1S/C22H27NO3/c1-4-20(17-8-6-16(3)7-9-17)23-22(25)15-14-21(24)18-10-12-19(13-11-18)26-5-2/h6-13,20H,4-5,14-15H2,1-3H3,(H,23,25)/t20-/m1/s1. The van der Waals surface area contributed by atoms with Crippen molar-refractivity contribution in [2.45, 2.75) is 46.1 Å². The molecule has 0 aliphatic rings. The third-order valence-electron chi connectivity index (χ3n) is 4.29. The van der Waals surface area contributed by atoms with Gasteiger partial charge in [0.1, 0.15) is 5.75 Å². The molecular formula is C22H27NO3. The topological polar surface area (TPSA) is 55.4 Å². The summed E-state index contributed by atoms with van der Waals surface area (Å²) in [6.07, 6.45) is 1.19. The van der Waals surface area contributed by atoms with E-state index in [4.69, 9.17) is 4.74 Å². The van der Waals surface area contributed by atoms with Gasteiger partial charge in [0.15, 0.2) is 5.78 Å². The summed E-state index contributed by atoms with van der Waals surface area (Å²) in [7, 11) is 0. The average Bonchev–Trinajstić information content (AvgIpc) is 2.66. The van der Waals surface area contributed by atoms with Crippen LogP contribution in [0.4, 0.5) is 0 Å². The third-order valence-corrected chi connectivity index (χ3v) is 4.29. The molecule has 0 heterocycles. The van der Waals surface area contributed by atoms with Gasteiger partial charge in [-0.15, -0.1) is 0 Å². The van der Waals surface area contributed by atoms with E-state index < -0.39 is 0 Å². The van der Waals surface area contributed by atoms with Gasteiger partial charge in [-0.3, -0.25) is 9.59 Å². The van der Waals surface area contributed by atoms with Gasteiger partial charge >= 0.3 is 0 Å². The lowest BCUT2D eigenvalue weighted by atomic mass is 10.0. The Balaban J connectivity index is 1.86. The summed E-state index contributed by atoms with van der Waals surface area (Å²) in [6, 6.07) is 15.2. The summed E-state index contributed by atoms with van der Waals surface area (Å²) in [5.74, 6) is 0.606. The van der Waals surface area contributed by atoms with E-state index in [1.807, 2.05) is 45.0 Å². The fourth-order valence-electron chi connectivity index (χ4n) is 2.76. The van der Waals surface area contributed by atoms with Crippen LogP contribution in [-0.2, 0) is 4.79 Å². The van der Waals surface area contributed by atoms with Crippen LogP contribution in [0.5, 0.6) is 5.75 Å². The quantitative estimate of drug-likeness (QED) is 0.669. The molecule has 2 rings (SSSR count). The molecule has 2 aromatic carbocycles. The predicted octanol–water partition coefficient (Wildman–Crippen LogP) is 4.62. The molecule has 4 heteroatoms. The van der Waals surface area contributed by atoms with Crippen molar-refractivity contribution in [1.82, 2.24) is 5.32 Å². The van der Waals surface area contributed by atoms with Crippen molar-refractivity contribution < 1.29 is 14.3 Å². The van der Waals surface area contributed by atoms with Crippen LogP contribution in [0.2, 0.25) is 0 Å². The van der Waals surface area contributed by atoms with Gasteiger partial charge in [-0.2, -0.15) is 0 Å². The van der Waals surface area contributed by atoms with Crippen LogP contribution >= 0.6 is 0 Å². The zero-order valence-corrected chi connectivity index (χ0v) is 15.7. The lowest BCUT2D eigenvalue weighted by molar-refractivity contribution is -0.121. The summed E-state index contributed by atoms with van der Waals surface area (Å²) in [6.45, 7) is 6.58. The zero-order valence-electron chi connectivity index (χ0n) is 15.7. The van der Waals surface area contributed by atoms with E-state index in [1.54, 1.807) is 24.3 Å². The van der Waals surface area contributed by atoms with E-state index in [0.717, 1.165) is 17.7 Å². The second-order valence-corrected chi connectivity index (χ2v) is 6.32. The predicted molar refractivity (Wildman–Crippen MR) is 104 cm³/mol. The molecule has 0 saturated carbocycles. The van der Waals surface area contributed by atoms with Gasteiger partial charge in [0.2, 0.25) is 5.91 Å². The van der Waals surface area contributed by atoms with Crippen LogP contribution in [0.25, 0.3) is 0 Å². The van der Waals surface area contributed by atoms with Gasteiger partial charge < -0.3 is 10.1 Å². The molecule has 0 fully saturated rings. The van der Waals surface area contributed by atoms with E-state index in [1.165, 1.54) is 5.56 Å². The van der Waals surface area contributed by atoms with Crippen LogP contribution in [0, 0.1) is 6.92 Å². The van der Waals surface area contributed by atoms with E-state index in [-0.39, 0.29) is 30.6 Å². The van der Waals surface area contributed by atoms with Crippen molar-refractivity contribution in [2.75, 3.05) is 6.61 Å². The average molecular weight is 353 g/mol. The molecule has 0 aliphatic carbocycles. The number of ether oxygens (including phenoxy) is 1. The Kier molecular flexibility index (Phi) is 7.39. The minimum atomic E-state index is -0.100. The van der Waals surface area contributed by atoms with E-state index in [2.05, 4.69) is 5.32 Å². The minimum Gasteiger partial charge on any atom is -0.494 e. The molecule has 0 spiro atoms. The first kappa shape index (κ1) is 19.7. The SMILES string of the molecule is CCOc1ccc(C(=O)CCC(=O)N[C@H](CC)c2ccc(C)cc2)cc1. The van der Waals surface area contributed by atoms with Gasteiger partial charge in [-0.05, 0) is 50.1 Å². The first-order chi connectivity index (χ1) is 12.5. The maximum Gasteiger partial charge on any atom is 0.220 e. The molecule has 1 amide bonds. The van der Waals surface area contributed by atoms with Crippen molar-refractivity contribution in [1.29, 1.82) is 0 Å². The number of ketones is 1. The summed E-state index contributed by atoms with van der Waals surface area (Å²) in [4.78, 5) is 24.5. The molecule has 0 bridgehead atoms. The maximum absolute atomic E-state index is 12.3. The molecule has 2 aromatic rings. The Hall–Kier alpha value is -2.62. The molecule has 4 nitrogen and oxygen atoms in total. The highest BCUT2D eigenvalue weighted by molar-refractivity contribution is 5.98. The van der Waals surface area contributed by atoms with Crippen molar-refractivity contribution in [3.63, 3.8) is 0 Å². The second kappa shape index (κ2) is 9.76. The molecule has 1 atom stereocenters. The number of nitrogens with one attached hydrogen (secondary N) is 1. The van der Waals surface area contributed by atoms with Crippen LogP contribution in [0.1, 0.15) is 60.6 Å². The van der Waals surface area contributed by atoms with Crippen LogP contribution in [-0.4, -0.2) is 18.3 Å². The highest BCUT2D eigenvalue weighted by Gasteiger charge is 2.14. The Morgan fingerprint density at radius 2 is 1.62 bits per heavy atom. The molecule has 0 radical (unpaired) electrons. The van der Waals surface area contributed by atoms with Crippen LogP contribution in [0.3, 0.4) is 0 Å². The maximum atomic E-state index is 12.3. The molecule has 0 unspecified atom stereocenters. The van der Waals surface area contributed by atoms with Gasteiger partial charge in [0, 0.05) is 18.4 Å². The Bertz CT molecular complexity index is 720. The van der Waals surface area contributed by atoms with Crippen LogP contribution < -0.4 is 10.1 Å². The Morgan fingerprint density at radius 3 is 2.19 bits per heavy atom. The second-order valence-electron chi connectivity index (χ2n) is 6.32. The number of rotatable bonds is 9. The van der Waals surface area contributed by atoms with Gasteiger partial charge in [0.25, 0.3) is 0 Å². The smallest absolute Gasteiger partial charge is 0.220 e. The molecule has 1 N–H and O–H groups in total. The van der Waals surface area contributed by atoms with Gasteiger partial charge in [0.05, 0.1) is 12.6 Å². The first-order valence-corrected chi connectivity index (χ1v) is 9.15. The number of hydrogen-bond donors (Lipinski definition) is 1. The number of benzene rings is 2. The highest BCUT2D eigenvalue weighted by Crippen LogP contribution is 2.18. The molecule has 138 valence electrons. The Morgan fingerprint density at radius 1 is 0.962 bits per heavy atom. The van der Waals surface area contributed by atoms with Crippen molar-refractivity contribution in [3.05, 3.63) is 65.2 Å². The van der Waals surface area contributed by atoms with Gasteiger partial charge in [-0.1, -0.05) is 36.8 Å². The van der Waals surface area contributed by atoms with Crippen molar-refractivity contribution in [3.8, 4) is 5.75 Å². The number of amides is 1. The fourth-order valence-corrected chi connectivity index (χ4v) is 2.76. The number of Topliss-reactive ketones (excluding diaryl/α,β-unsaturated/α-hetero) is 1. The van der Waals surface area contributed by atoms with Crippen LogP contribution in [0.15, 0.2) is 48.5 Å². The summed E-state index contributed by atoms with van der Waals surface area (Å²) in [5.41, 5.74) is 2.88. The van der Waals surface area contributed by atoms with Crippen molar-refractivity contribution in [2.24, 2.45) is 0 Å². The molecule has 0 aromatic heterocycles. The van der Waals surface area contributed by atoms with E-state index in [0.29, 0.717) is 12.2 Å². The zero-order chi connectivity index (χ0) is 18.9. The minimum absolute atomic E-state index is 0.0244. The largest absolute Gasteiger partial charge is 0.494 e. The normalized spacial score (nSPS) is 11.7. The van der Waals surface area contributed by atoms with Gasteiger partial charge in [-0.25, -0.2) is 0 Å². The highest BCUT2D eigenvalue weighted by atomic mass is 16.5. The number of hydrogen-bond acceptors (Lipinski definition) is 3. The summed E-state index contributed by atoms with van der Waals surface area (Å²) in [5, 5.41) is 3.02.